The molecule has 2 atom stereocenters. The Morgan fingerprint density at radius 2 is 1.71 bits per heavy atom. The van der Waals surface area contributed by atoms with E-state index in [1.54, 1.807) is 14.2 Å². The van der Waals surface area contributed by atoms with Crippen molar-refractivity contribution in [3.8, 4) is 11.5 Å². The number of halogens is 1. The van der Waals surface area contributed by atoms with Crippen LogP contribution in [0.3, 0.4) is 0 Å². The lowest BCUT2D eigenvalue weighted by molar-refractivity contribution is 0.387. The standard InChI is InChI=1S/C14H21BrO2/c1-9(2)14(15)10(3)12-7-6-11(16-4)8-13(12)17-5/h6-10,14H,1-5H3. The number of alkyl halides is 1. The zero-order valence-electron chi connectivity index (χ0n) is 11.2. The van der Waals surface area contributed by atoms with E-state index in [1.807, 2.05) is 12.1 Å². The minimum atomic E-state index is 0.399. The summed E-state index contributed by atoms with van der Waals surface area (Å²) in [6.45, 7) is 6.64. The molecule has 0 heterocycles. The lowest BCUT2D eigenvalue weighted by Crippen LogP contribution is -2.16. The van der Waals surface area contributed by atoms with Crippen LogP contribution in [0.15, 0.2) is 18.2 Å². The van der Waals surface area contributed by atoms with E-state index in [9.17, 15) is 0 Å². The highest BCUT2D eigenvalue weighted by Gasteiger charge is 2.22. The Kier molecular flexibility index (Phi) is 5.31. The van der Waals surface area contributed by atoms with E-state index >= 15 is 0 Å². The van der Waals surface area contributed by atoms with Crippen LogP contribution in [0, 0.1) is 5.92 Å². The molecule has 2 nitrogen and oxygen atoms in total. The van der Waals surface area contributed by atoms with Gasteiger partial charge in [-0.1, -0.05) is 42.8 Å². The van der Waals surface area contributed by atoms with Gasteiger partial charge in [-0.05, 0) is 23.5 Å². The molecule has 0 amide bonds. The minimum Gasteiger partial charge on any atom is -0.497 e. The summed E-state index contributed by atoms with van der Waals surface area (Å²) in [4.78, 5) is 0.435. The Balaban J connectivity index is 3.04. The van der Waals surface area contributed by atoms with E-state index in [0.29, 0.717) is 16.7 Å². The lowest BCUT2D eigenvalue weighted by Gasteiger charge is -2.24. The molecular formula is C14H21BrO2. The van der Waals surface area contributed by atoms with Crippen LogP contribution in [0.1, 0.15) is 32.3 Å². The third-order valence-corrected chi connectivity index (χ3v) is 4.90. The normalized spacial score (nSPS) is 14.5. The van der Waals surface area contributed by atoms with Crippen molar-refractivity contribution < 1.29 is 9.47 Å². The summed E-state index contributed by atoms with van der Waals surface area (Å²) in [7, 11) is 3.36. The van der Waals surface area contributed by atoms with Crippen molar-refractivity contribution in [3.63, 3.8) is 0 Å². The number of hydrogen-bond acceptors (Lipinski definition) is 2. The van der Waals surface area contributed by atoms with Crippen molar-refractivity contribution in [1.82, 2.24) is 0 Å². The van der Waals surface area contributed by atoms with Gasteiger partial charge in [0.05, 0.1) is 14.2 Å². The average Bonchev–Trinajstić information content (AvgIpc) is 2.35. The van der Waals surface area contributed by atoms with Gasteiger partial charge in [-0.15, -0.1) is 0 Å². The molecule has 0 aliphatic rings. The van der Waals surface area contributed by atoms with Crippen molar-refractivity contribution in [3.05, 3.63) is 23.8 Å². The van der Waals surface area contributed by atoms with Gasteiger partial charge in [0.25, 0.3) is 0 Å². The average molecular weight is 301 g/mol. The van der Waals surface area contributed by atoms with Crippen LogP contribution in [-0.4, -0.2) is 19.0 Å². The highest BCUT2D eigenvalue weighted by Crippen LogP contribution is 2.36. The van der Waals surface area contributed by atoms with Crippen molar-refractivity contribution in [1.29, 1.82) is 0 Å². The predicted octanol–water partition coefficient (Wildman–Crippen LogP) is 4.23. The molecule has 3 heteroatoms. The lowest BCUT2D eigenvalue weighted by atomic mass is 9.91. The fraction of sp³-hybridized carbons (Fsp3) is 0.571. The predicted molar refractivity (Wildman–Crippen MR) is 75.5 cm³/mol. The van der Waals surface area contributed by atoms with Gasteiger partial charge in [0.1, 0.15) is 11.5 Å². The summed E-state index contributed by atoms with van der Waals surface area (Å²) in [5, 5.41) is 0. The summed E-state index contributed by atoms with van der Waals surface area (Å²) in [5.74, 6) is 2.70. The first-order valence-corrected chi connectivity index (χ1v) is 6.78. The van der Waals surface area contributed by atoms with Gasteiger partial charge in [-0.2, -0.15) is 0 Å². The van der Waals surface area contributed by atoms with Gasteiger partial charge >= 0.3 is 0 Å². The zero-order valence-corrected chi connectivity index (χ0v) is 12.7. The largest absolute Gasteiger partial charge is 0.497 e. The monoisotopic (exact) mass is 300 g/mol. The molecular weight excluding hydrogens is 280 g/mol. The summed E-state index contributed by atoms with van der Waals surface area (Å²) in [6, 6.07) is 6.00. The second-order valence-corrected chi connectivity index (χ2v) is 5.64. The van der Waals surface area contributed by atoms with Crippen molar-refractivity contribution in [2.45, 2.75) is 31.5 Å². The molecule has 0 N–H and O–H groups in total. The van der Waals surface area contributed by atoms with Gasteiger partial charge in [0.2, 0.25) is 0 Å². The Morgan fingerprint density at radius 3 is 2.18 bits per heavy atom. The molecule has 2 unspecified atom stereocenters. The molecule has 0 radical (unpaired) electrons. The molecule has 1 rings (SSSR count). The number of benzene rings is 1. The summed E-state index contributed by atoms with van der Waals surface area (Å²) in [6.07, 6.45) is 0. The van der Waals surface area contributed by atoms with Crippen LogP contribution in [-0.2, 0) is 0 Å². The molecule has 0 saturated carbocycles. The van der Waals surface area contributed by atoms with E-state index < -0.39 is 0 Å². The molecule has 0 aliphatic heterocycles. The topological polar surface area (TPSA) is 18.5 Å². The molecule has 0 aromatic heterocycles. The van der Waals surface area contributed by atoms with E-state index in [2.05, 4.69) is 42.8 Å². The molecule has 17 heavy (non-hydrogen) atoms. The minimum absolute atomic E-state index is 0.399. The van der Waals surface area contributed by atoms with Gasteiger partial charge in [0.15, 0.2) is 0 Å². The quantitative estimate of drug-likeness (QED) is 0.758. The fourth-order valence-corrected chi connectivity index (χ4v) is 2.23. The van der Waals surface area contributed by atoms with Crippen LogP contribution in [0.5, 0.6) is 11.5 Å². The molecule has 96 valence electrons. The van der Waals surface area contributed by atoms with E-state index in [-0.39, 0.29) is 0 Å². The molecule has 0 fully saturated rings. The van der Waals surface area contributed by atoms with Gasteiger partial charge < -0.3 is 9.47 Å². The zero-order chi connectivity index (χ0) is 13.0. The van der Waals surface area contributed by atoms with Crippen molar-refractivity contribution >= 4 is 15.9 Å². The Hall–Kier alpha value is -0.700. The van der Waals surface area contributed by atoms with Crippen molar-refractivity contribution in [2.75, 3.05) is 14.2 Å². The van der Waals surface area contributed by atoms with Gasteiger partial charge in [-0.3, -0.25) is 0 Å². The van der Waals surface area contributed by atoms with Gasteiger partial charge in [0, 0.05) is 10.9 Å². The number of ether oxygens (including phenoxy) is 2. The first-order valence-electron chi connectivity index (χ1n) is 5.87. The maximum Gasteiger partial charge on any atom is 0.126 e. The van der Waals surface area contributed by atoms with Crippen LogP contribution in [0.2, 0.25) is 0 Å². The summed E-state index contributed by atoms with van der Waals surface area (Å²) >= 11 is 3.76. The maximum atomic E-state index is 5.44. The van der Waals surface area contributed by atoms with E-state index in [0.717, 1.165) is 11.5 Å². The van der Waals surface area contributed by atoms with Crippen LogP contribution in [0.4, 0.5) is 0 Å². The van der Waals surface area contributed by atoms with Crippen molar-refractivity contribution in [2.24, 2.45) is 5.92 Å². The first kappa shape index (κ1) is 14.4. The summed E-state index contributed by atoms with van der Waals surface area (Å²) < 4.78 is 10.6. The van der Waals surface area contributed by atoms with Crippen LogP contribution in [0.25, 0.3) is 0 Å². The third kappa shape index (κ3) is 3.38. The highest BCUT2D eigenvalue weighted by atomic mass is 79.9. The molecule has 1 aromatic carbocycles. The first-order chi connectivity index (χ1) is 8.01. The van der Waals surface area contributed by atoms with E-state index in [1.165, 1.54) is 5.56 Å². The molecule has 0 aliphatic carbocycles. The number of hydrogen-bond donors (Lipinski definition) is 0. The SMILES string of the molecule is COc1ccc(C(C)C(Br)C(C)C)c(OC)c1. The number of methoxy groups -OCH3 is 2. The fourth-order valence-electron chi connectivity index (χ4n) is 1.94. The van der Waals surface area contributed by atoms with Crippen LogP contribution < -0.4 is 9.47 Å². The van der Waals surface area contributed by atoms with Crippen LogP contribution >= 0.6 is 15.9 Å². The smallest absolute Gasteiger partial charge is 0.126 e. The van der Waals surface area contributed by atoms with E-state index in [4.69, 9.17) is 9.47 Å². The maximum absolute atomic E-state index is 5.44. The molecule has 0 saturated heterocycles. The Labute approximate surface area is 112 Å². The summed E-state index contributed by atoms with van der Waals surface area (Å²) in [5.41, 5.74) is 1.21. The molecule has 0 bridgehead atoms. The Morgan fingerprint density at radius 1 is 1.06 bits per heavy atom. The third-order valence-electron chi connectivity index (χ3n) is 3.05. The number of rotatable bonds is 5. The van der Waals surface area contributed by atoms with Gasteiger partial charge in [-0.25, -0.2) is 0 Å². The second kappa shape index (κ2) is 6.29. The second-order valence-electron chi connectivity index (χ2n) is 4.58. The molecule has 1 aromatic rings. The highest BCUT2D eigenvalue weighted by molar-refractivity contribution is 9.09. The molecule has 0 spiro atoms. The Bertz CT molecular complexity index is 363.